The number of rotatable bonds is 7. The predicted octanol–water partition coefficient (Wildman–Crippen LogP) is 0.955. The molecule has 5 nitrogen and oxygen atoms in total. The van der Waals surface area contributed by atoms with Gasteiger partial charge in [-0.1, -0.05) is 30.3 Å². The molecule has 0 bridgehead atoms. The van der Waals surface area contributed by atoms with Crippen LogP contribution in [0, 0.1) is 0 Å². The summed E-state index contributed by atoms with van der Waals surface area (Å²) < 4.78 is 5.48. The first-order chi connectivity index (χ1) is 10.7. The Bertz CT molecular complexity index is 444. The predicted molar refractivity (Wildman–Crippen MR) is 87.6 cm³/mol. The fraction of sp³-hybridized carbons (Fsp3) is 0.588. The molecule has 1 unspecified atom stereocenters. The standard InChI is InChI=1S/C17H27N3O2/c1-19(2)16(8-11-20-12-9-18-10-13-20)17(21)22-14-15-6-4-3-5-7-15/h3-7,16,18H,8-14H2,1-2H3. The number of carbonyl (C=O) groups excluding carboxylic acids is 1. The molecular formula is C17H27N3O2. The molecule has 0 spiro atoms. The molecule has 1 aliphatic heterocycles. The number of hydrogen-bond acceptors (Lipinski definition) is 5. The summed E-state index contributed by atoms with van der Waals surface area (Å²) >= 11 is 0. The monoisotopic (exact) mass is 305 g/mol. The van der Waals surface area contributed by atoms with E-state index in [-0.39, 0.29) is 12.0 Å². The summed E-state index contributed by atoms with van der Waals surface area (Å²) in [7, 11) is 3.87. The van der Waals surface area contributed by atoms with Gasteiger partial charge in [-0.05, 0) is 26.1 Å². The Balaban J connectivity index is 1.80. The zero-order chi connectivity index (χ0) is 15.8. The van der Waals surface area contributed by atoms with Crippen LogP contribution in [-0.2, 0) is 16.1 Å². The van der Waals surface area contributed by atoms with Gasteiger partial charge < -0.3 is 15.0 Å². The number of nitrogens with zero attached hydrogens (tertiary/aromatic N) is 2. The minimum Gasteiger partial charge on any atom is -0.460 e. The summed E-state index contributed by atoms with van der Waals surface area (Å²) in [4.78, 5) is 16.7. The van der Waals surface area contributed by atoms with Crippen LogP contribution in [0.4, 0.5) is 0 Å². The van der Waals surface area contributed by atoms with Gasteiger partial charge in [-0.15, -0.1) is 0 Å². The van der Waals surface area contributed by atoms with Crippen LogP contribution in [-0.4, -0.2) is 68.6 Å². The summed E-state index contributed by atoms with van der Waals surface area (Å²) in [6.07, 6.45) is 0.806. The van der Waals surface area contributed by atoms with Crippen molar-refractivity contribution >= 4 is 5.97 Å². The number of hydrogen-bond donors (Lipinski definition) is 1. The van der Waals surface area contributed by atoms with Gasteiger partial charge in [0.1, 0.15) is 12.6 Å². The second-order valence-electron chi connectivity index (χ2n) is 5.95. The van der Waals surface area contributed by atoms with Crippen LogP contribution in [0.5, 0.6) is 0 Å². The molecule has 1 aliphatic rings. The fourth-order valence-electron chi connectivity index (χ4n) is 2.65. The molecule has 0 saturated carbocycles. The number of likely N-dealkylation sites (N-methyl/N-ethyl adjacent to an activating group) is 1. The second kappa shape index (κ2) is 8.88. The first kappa shape index (κ1) is 16.9. The lowest BCUT2D eigenvalue weighted by Gasteiger charge is -2.30. The van der Waals surface area contributed by atoms with Crippen molar-refractivity contribution in [1.29, 1.82) is 0 Å². The Labute approximate surface area is 133 Å². The van der Waals surface area contributed by atoms with Gasteiger partial charge >= 0.3 is 5.97 Å². The highest BCUT2D eigenvalue weighted by molar-refractivity contribution is 5.75. The van der Waals surface area contributed by atoms with E-state index in [4.69, 9.17) is 4.74 Å². The maximum atomic E-state index is 12.3. The number of ether oxygens (including phenoxy) is 1. The van der Waals surface area contributed by atoms with E-state index in [9.17, 15) is 4.79 Å². The van der Waals surface area contributed by atoms with E-state index in [1.165, 1.54) is 0 Å². The van der Waals surface area contributed by atoms with Crippen molar-refractivity contribution in [2.45, 2.75) is 19.1 Å². The van der Waals surface area contributed by atoms with Crippen molar-refractivity contribution < 1.29 is 9.53 Å². The molecule has 1 aromatic rings. The number of benzene rings is 1. The Morgan fingerprint density at radius 3 is 2.59 bits per heavy atom. The molecule has 0 aliphatic carbocycles. The number of piperazine rings is 1. The summed E-state index contributed by atoms with van der Waals surface area (Å²) in [5, 5.41) is 3.34. The van der Waals surface area contributed by atoms with Gasteiger partial charge in [0.05, 0.1) is 0 Å². The molecule has 122 valence electrons. The van der Waals surface area contributed by atoms with Crippen LogP contribution in [0.15, 0.2) is 30.3 Å². The van der Waals surface area contributed by atoms with Crippen LogP contribution in [0.1, 0.15) is 12.0 Å². The van der Waals surface area contributed by atoms with E-state index < -0.39 is 0 Å². The fourth-order valence-corrected chi connectivity index (χ4v) is 2.65. The third-order valence-electron chi connectivity index (χ3n) is 4.05. The number of nitrogens with one attached hydrogen (secondary N) is 1. The quantitative estimate of drug-likeness (QED) is 0.760. The molecule has 1 aromatic carbocycles. The number of carbonyl (C=O) groups is 1. The second-order valence-corrected chi connectivity index (χ2v) is 5.95. The van der Waals surface area contributed by atoms with Gasteiger partial charge in [-0.2, -0.15) is 0 Å². The van der Waals surface area contributed by atoms with Gasteiger partial charge in [0.2, 0.25) is 0 Å². The van der Waals surface area contributed by atoms with E-state index in [1.807, 2.05) is 49.3 Å². The van der Waals surface area contributed by atoms with Gasteiger partial charge in [-0.25, -0.2) is 0 Å². The highest BCUT2D eigenvalue weighted by Gasteiger charge is 2.23. The van der Waals surface area contributed by atoms with Crippen LogP contribution >= 0.6 is 0 Å². The van der Waals surface area contributed by atoms with E-state index in [0.29, 0.717) is 6.61 Å². The maximum Gasteiger partial charge on any atom is 0.323 e. The van der Waals surface area contributed by atoms with Crippen LogP contribution < -0.4 is 5.32 Å². The molecule has 5 heteroatoms. The van der Waals surface area contributed by atoms with Crippen molar-refractivity contribution in [1.82, 2.24) is 15.1 Å². The van der Waals surface area contributed by atoms with E-state index in [2.05, 4.69) is 10.2 Å². The van der Waals surface area contributed by atoms with Crippen LogP contribution in [0.2, 0.25) is 0 Å². The van der Waals surface area contributed by atoms with Crippen LogP contribution in [0.3, 0.4) is 0 Å². The van der Waals surface area contributed by atoms with Crippen molar-refractivity contribution in [2.75, 3.05) is 46.8 Å². The van der Waals surface area contributed by atoms with E-state index in [1.54, 1.807) is 0 Å². The molecule has 1 heterocycles. The molecule has 1 fully saturated rings. The number of esters is 1. The van der Waals surface area contributed by atoms with Crippen LogP contribution in [0.25, 0.3) is 0 Å². The summed E-state index contributed by atoms with van der Waals surface area (Å²) in [5.74, 6) is -0.135. The minimum absolute atomic E-state index is 0.135. The van der Waals surface area contributed by atoms with E-state index >= 15 is 0 Å². The Hall–Kier alpha value is -1.43. The summed E-state index contributed by atoms with van der Waals surface area (Å²) in [6.45, 7) is 5.46. The Morgan fingerprint density at radius 1 is 1.27 bits per heavy atom. The molecule has 1 saturated heterocycles. The third kappa shape index (κ3) is 5.40. The molecule has 1 atom stereocenters. The zero-order valence-corrected chi connectivity index (χ0v) is 13.6. The summed E-state index contributed by atoms with van der Waals surface area (Å²) in [5.41, 5.74) is 1.02. The van der Waals surface area contributed by atoms with Crippen molar-refractivity contribution in [3.8, 4) is 0 Å². The molecule has 0 aromatic heterocycles. The molecule has 0 amide bonds. The molecule has 0 radical (unpaired) electrons. The molecule has 22 heavy (non-hydrogen) atoms. The molecule has 1 N–H and O–H groups in total. The van der Waals surface area contributed by atoms with Gasteiger partial charge in [0.25, 0.3) is 0 Å². The zero-order valence-electron chi connectivity index (χ0n) is 13.6. The smallest absolute Gasteiger partial charge is 0.323 e. The topological polar surface area (TPSA) is 44.8 Å². The highest BCUT2D eigenvalue weighted by atomic mass is 16.5. The van der Waals surface area contributed by atoms with E-state index in [0.717, 1.165) is 44.7 Å². The van der Waals surface area contributed by atoms with Gasteiger partial charge in [-0.3, -0.25) is 9.69 Å². The molecule has 2 rings (SSSR count). The lowest BCUT2D eigenvalue weighted by Crippen LogP contribution is -2.46. The Kier molecular flexibility index (Phi) is 6.83. The lowest BCUT2D eigenvalue weighted by molar-refractivity contribution is -0.150. The lowest BCUT2D eigenvalue weighted by atomic mass is 10.1. The normalized spacial score (nSPS) is 17.4. The SMILES string of the molecule is CN(C)C(CCN1CCNCC1)C(=O)OCc1ccccc1. The molecular weight excluding hydrogens is 278 g/mol. The maximum absolute atomic E-state index is 12.3. The van der Waals surface area contributed by atoms with Crippen molar-refractivity contribution in [3.63, 3.8) is 0 Å². The third-order valence-corrected chi connectivity index (χ3v) is 4.05. The van der Waals surface area contributed by atoms with Crippen molar-refractivity contribution in [3.05, 3.63) is 35.9 Å². The first-order valence-electron chi connectivity index (χ1n) is 7.97. The van der Waals surface area contributed by atoms with Gasteiger partial charge in [0.15, 0.2) is 0 Å². The first-order valence-corrected chi connectivity index (χ1v) is 7.97. The average Bonchev–Trinajstić information content (AvgIpc) is 2.55. The highest BCUT2D eigenvalue weighted by Crippen LogP contribution is 2.08. The Morgan fingerprint density at radius 2 is 1.95 bits per heavy atom. The minimum atomic E-state index is -0.182. The largest absolute Gasteiger partial charge is 0.460 e. The van der Waals surface area contributed by atoms with Gasteiger partial charge in [0, 0.05) is 32.7 Å². The summed E-state index contributed by atoms with van der Waals surface area (Å²) in [6, 6.07) is 9.63. The average molecular weight is 305 g/mol. The van der Waals surface area contributed by atoms with Crippen molar-refractivity contribution in [2.24, 2.45) is 0 Å².